The first-order valence-corrected chi connectivity index (χ1v) is 7.42. The van der Waals surface area contributed by atoms with E-state index in [0.29, 0.717) is 6.42 Å². The molecule has 0 aliphatic heterocycles. The van der Waals surface area contributed by atoms with Crippen LogP contribution in [0.5, 0.6) is 0 Å². The molecular formula is C16H20OS. The van der Waals surface area contributed by atoms with E-state index in [1.165, 1.54) is 23.3 Å². The Morgan fingerprint density at radius 3 is 2.72 bits per heavy atom. The summed E-state index contributed by atoms with van der Waals surface area (Å²) in [5.74, 6) is 6.32. The fourth-order valence-electron chi connectivity index (χ4n) is 2.10. The molecule has 1 heterocycles. The Hall–Kier alpha value is -1.07. The van der Waals surface area contributed by atoms with Crippen molar-refractivity contribution < 1.29 is 4.79 Å². The topological polar surface area (TPSA) is 17.1 Å². The van der Waals surface area contributed by atoms with Crippen LogP contribution < -0.4 is 0 Å². The summed E-state index contributed by atoms with van der Waals surface area (Å²) in [6.07, 6.45) is 5.19. The lowest BCUT2D eigenvalue weighted by Crippen LogP contribution is -2.00. The molecule has 0 aromatic carbocycles. The normalized spacial score (nSPS) is 14.6. The molecule has 1 aromatic heterocycles. The van der Waals surface area contributed by atoms with E-state index in [1.54, 1.807) is 11.3 Å². The molecule has 0 radical (unpaired) electrons. The van der Waals surface area contributed by atoms with Crippen LogP contribution >= 0.6 is 11.3 Å². The SMILES string of the molecule is CC(C)(C)C#CCC(=O)c1cc2c(s1)CCCC2. The molecule has 1 aliphatic rings. The molecule has 1 nitrogen and oxygen atoms in total. The van der Waals surface area contributed by atoms with Crippen molar-refractivity contribution >= 4 is 17.1 Å². The van der Waals surface area contributed by atoms with Gasteiger partial charge in [-0.1, -0.05) is 11.8 Å². The first kappa shape index (κ1) is 13.4. The number of rotatable bonds is 2. The van der Waals surface area contributed by atoms with Crippen molar-refractivity contribution in [3.05, 3.63) is 21.4 Å². The highest BCUT2D eigenvalue weighted by atomic mass is 32.1. The Morgan fingerprint density at radius 2 is 2.06 bits per heavy atom. The summed E-state index contributed by atoms with van der Waals surface area (Å²) < 4.78 is 0. The number of hydrogen-bond donors (Lipinski definition) is 0. The molecule has 2 heteroatoms. The van der Waals surface area contributed by atoms with E-state index < -0.39 is 0 Å². The zero-order valence-corrected chi connectivity index (χ0v) is 12.2. The molecule has 0 N–H and O–H groups in total. The molecule has 96 valence electrons. The van der Waals surface area contributed by atoms with Gasteiger partial charge in [0.15, 0.2) is 5.78 Å². The van der Waals surface area contributed by atoms with Crippen molar-refractivity contribution in [1.29, 1.82) is 0 Å². The summed E-state index contributed by atoms with van der Waals surface area (Å²) in [5, 5.41) is 0. The van der Waals surface area contributed by atoms with Gasteiger partial charge in [-0.05, 0) is 58.1 Å². The van der Waals surface area contributed by atoms with E-state index >= 15 is 0 Å². The zero-order chi connectivity index (χ0) is 13.2. The van der Waals surface area contributed by atoms with Crippen molar-refractivity contribution in [2.75, 3.05) is 0 Å². The molecule has 0 saturated carbocycles. The van der Waals surface area contributed by atoms with Crippen molar-refractivity contribution in [1.82, 2.24) is 0 Å². The quantitative estimate of drug-likeness (QED) is 0.574. The molecule has 2 rings (SSSR count). The monoisotopic (exact) mass is 260 g/mol. The van der Waals surface area contributed by atoms with Crippen LogP contribution in [0, 0.1) is 17.3 Å². The van der Waals surface area contributed by atoms with E-state index in [4.69, 9.17) is 0 Å². The lowest BCUT2D eigenvalue weighted by Gasteiger charge is -2.08. The minimum atomic E-state index is -0.0189. The summed E-state index contributed by atoms with van der Waals surface area (Å²) in [5.41, 5.74) is 1.38. The van der Waals surface area contributed by atoms with Gasteiger partial charge in [0.2, 0.25) is 0 Å². The molecule has 0 bridgehead atoms. The highest BCUT2D eigenvalue weighted by Gasteiger charge is 2.16. The highest BCUT2D eigenvalue weighted by Crippen LogP contribution is 2.30. The van der Waals surface area contributed by atoms with Crippen molar-refractivity contribution in [2.24, 2.45) is 5.41 Å². The van der Waals surface area contributed by atoms with Gasteiger partial charge in [0, 0.05) is 10.3 Å². The Labute approximate surface area is 114 Å². The molecule has 18 heavy (non-hydrogen) atoms. The van der Waals surface area contributed by atoms with Crippen LogP contribution in [0.15, 0.2) is 6.07 Å². The van der Waals surface area contributed by atoms with Gasteiger partial charge in [-0.15, -0.1) is 11.3 Å². The Morgan fingerprint density at radius 1 is 1.33 bits per heavy atom. The molecule has 0 unspecified atom stereocenters. The maximum absolute atomic E-state index is 12.1. The third kappa shape index (κ3) is 3.46. The van der Waals surface area contributed by atoms with Gasteiger partial charge in [0.25, 0.3) is 0 Å². The van der Waals surface area contributed by atoms with Crippen LogP contribution in [0.2, 0.25) is 0 Å². The van der Waals surface area contributed by atoms with Crippen molar-refractivity contribution in [3.8, 4) is 11.8 Å². The summed E-state index contributed by atoms with van der Waals surface area (Å²) in [6.45, 7) is 6.19. The largest absolute Gasteiger partial charge is 0.292 e. The maximum atomic E-state index is 12.1. The van der Waals surface area contributed by atoms with Crippen LogP contribution in [-0.2, 0) is 12.8 Å². The summed E-state index contributed by atoms with van der Waals surface area (Å²) in [7, 11) is 0. The van der Waals surface area contributed by atoms with Gasteiger partial charge in [0.1, 0.15) is 0 Å². The third-order valence-corrected chi connectivity index (χ3v) is 4.26. The number of hydrogen-bond acceptors (Lipinski definition) is 2. The number of thiophene rings is 1. The Balaban J connectivity index is 2.05. The Bertz CT molecular complexity index is 482. The number of fused-ring (bicyclic) bond motifs is 1. The standard InChI is InChI=1S/C16H20OS/c1-16(2,3)10-6-8-13(17)15-11-12-7-4-5-9-14(12)18-15/h11H,4-5,7-9H2,1-3H3. The number of ketones is 1. The van der Waals surface area contributed by atoms with E-state index in [1.807, 2.05) is 0 Å². The maximum Gasteiger partial charge on any atom is 0.184 e. The second kappa shape index (κ2) is 5.28. The Kier molecular flexibility index (Phi) is 3.92. The van der Waals surface area contributed by atoms with Gasteiger partial charge in [-0.25, -0.2) is 0 Å². The fraction of sp³-hybridized carbons (Fsp3) is 0.562. The average molecular weight is 260 g/mol. The molecule has 0 amide bonds. The molecule has 1 aromatic rings. The van der Waals surface area contributed by atoms with Crippen LogP contribution in [0.1, 0.15) is 60.1 Å². The first-order valence-electron chi connectivity index (χ1n) is 6.60. The minimum absolute atomic E-state index is 0.0189. The summed E-state index contributed by atoms with van der Waals surface area (Å²) >= 11 is 1.68. The summed E-state index contributed by atoms with van der Waals surface area (Å²) in [6, 6.07) is 2.10. The second-order valence-corrected chi connectivity index (χ2v) is 7.05. The van der Waals surface area contributed by atoms with Crippen LogP contribution in [0.4, 0.5) is 0 Å². The molecular weight excluding hydrogens is 240 g/mol. The van der Waals surface area contributed by atoms with Crippen molar-refractivity contribution in [2.45, 2.75) is 52.9 Å². The average Bonchev–Trinajstić information content (AvgIpc) is 2.70. The predicted molar refractivity (Wildman–Crippen MR) is 77.1 cm³/mol. The van der Waals surface area contributed by atoms with Gasteiger partial charge in [-0.2, -0.15) is 0 Å². The number of Topliss-reactive ketones (excluding diaryl/α,β-unsaturated/α-hetero) is 1. The molecule has 0 fully saturated rings. The molecule has 1 aliphatic carbocycles. The third-order valence-electron chi connectivity index (χ3n) is 2.98. The zero-order valence-electron chi connectivity index (χ0n) is 11.4. The lowest BCUT2D eigenvalue weighted by atomic mass is 9.97. The predicted octanol–water partition coefficient (Wildman–Crippen LogP) is 4.25. The van der Waals surface area contributed by atoms with Crippen LogP contribution in [-0.4, -0.2) is 5.78 Å². The van der Waals surface area contributed by atoms with Crippen LogP contribution in [0.3, 0.4) is 0 Å². The second-order valence-electron chi connectivity index (χ2n) is 5.92. The smallest absolute Gasteiger partial charge is 0.184 e. The number of aryl methyl sites for hydroxylation is 2. The number of carbonyl (C=O) groups is 1. The van der Waals surface area contributed by atoms with Gasteiger partial charge >= 0.3 is 0 Å². The van der Waals surface area contributed by atoms with E-state index in [0.717, 1.165) is 17.7 Å². The van der Waals surface area contributed by atoms with Crippen molar-refractivity contribution in [3.63, 3.8) is 0 Å². The summed E-state index contributed by atoms with van der Waals surface area (Å²) in [4.78, 5) is 14.4. The van der Waals surface area contributed by atoms with E-state index in [9.17, 15) is 4.79 Å². The highest BCUT2D eigenvalue weighted by molar-refractivity contribution is 7.14. The van der Waals surface area contributed by atoms with Gasteiger partial charge in [-0.3, -0.25) is 4.79 Å². The molecule has 0 spiro atoms. The minimum Gasteiger partial charge on any atom is -0.292 e. The fourth-order valence-corrected chi connectivity index (χ4v) is 3.30. The van der Waals surface area contributed by atoms with Gasteiger partial charge < -0.3 is 0 Å². The molecule has 0 atom stereocenters. The molecule has 0 saturated heterocycles. The van der Waals surface area contributed by atoms with Crippen LogP contribution in [0.25, 0.3) is 0 Å². The van der Waals surface area contributed by atoms with E-state index in [-0.39, 0.29) is 11.2 Å². The van der Waals surface area contributed by atoms with E-state index in [2.05, 4.69) is 38.7 Å². The lowest BCUT2D eigenvalue weighted by molar-refractivity contribution is 0.100. The first-order chi connectivity index (χ1) is 8.46. The number of carbonyl (C=O) groups excluding carboxylic acids is 1. The van der Waals surface area contributed by atoms with Gasteiger partial charge in [0.05, 0.1) is 11.3 Å².